The average Bonchev–Trinajstić information content (AvgIpc) is 2.30. The zero-order valence-electron chi connectivity index (χ0n) is 8.33. The van der Waals surface area contributed by atoms with Crippen LogP contribution in [0.1, 0.15) is 10.4 Å². The molecule has 0 saturated carbocycles. The third-order valence-electron chi connectivity index (χ3n) is 2.19. The van der Waals surface area contributed by atoms with Crippen molar-refractivity contribution in [2.45, 2.75) is 0 Å². The van der Waals surface area contributed by atoms with E-state index in [9.17, 15) is 4.79 Å². The Morgan fingerprint density at radius 2 is 2.25 bits per heavy atom. The van der Waals surface area contributed by atoms with Crippen molar-refractivity contribution in [1.29, 1.82) is 0 Å². The topological polar surface area (TPSA) is 39.2 Å². The predicted octanol–water partition coefficient (Wildman–Crippen LogP) is 3.44. The van der Waals surface area contributed by atoms with Gasteiger partial charge in [0.05, 0.1) is 23.2 Å². The van der Waals surface area contributed by atoms with Crippen LogP contribution in [0.5, 0.6) is 0 Å². The molecule has 0 aliphatic heterocycles. The van der Waals surface area contributed by atoms with Crippen molar-refractivity contribution in [3.63, 3.8) is 0 Å². The fourth-order valence-corrected chi connectivity index (χ4v) is 2.15. The summed E-state index contributed by atoms with van der Waals surface area (Å²) in [6.07, 6.45) is 1.42. The average molecular weight is 301 g/mol. The van der Waals surface area contributed by atoms with Gasteiger partial charge in [-0.05, 0) is 22.0 Å². The van der Waals surface area contributed by atoms with Crippen LogP contribution in [-0.4, -0.2) is 18.1 Å². The highest BCUT2D eigenvalue weighted by Gasteiger charge is 2.14. The second-order valence-corrected chi connectivity index (χ2v) is 4.35. The number of benzene rings is 1. The minimum Gasteiger partial charge on any atom is -0.465 e. The van der Waals surface area contributed by atoms with Gasteiger partial charge in [-0.25, -0.2) is 4.79 Å². The summed E-state index contributed by atoms with van der Waals surface area (Å²) in [7, 11) is 1.31. The smallest absolute Gasteiger partial charge is 0.340 e. The lowest BCUT2D eigenvalue weighted by molar-refractivity contribution is 0.0600. The predicted molar refractivity (Wildman–Crippen MR) is 65.8 cm³/mol. The molecule has 0 unspecified atom stereocenters. The lowest BCUT2D eigenvalue weighted by Crippen LogP contribution is -2.03. The van der Waals surface area contributed by atoms with Crippen LogP contribution in [0.2, 0.25) is 5.02 Å². The van der Waals surface area contributed by atoms with Gasteiger partial charge in [-0.15, -0.1) is 0 Å². The first-order valence-electron chi connectivity index (χ1n) is 4.46. The highest BCUT2D eigenvalue weighted by molar-refractivity contribution is 9.10. The van der Waals surface area contributed by atoms with Crippen LogP contribution < -0.4 is 0 Å². The molecule has 0 fully saturated rings. The molecule has 0 atom stereocenters. The third-order valence-corrected chi connectivity index (χ3v) is 3.23. The number of methoxy groups -OCH3 is 1. The van der Waals surface area contributed by atoms with Crippen LogP contribution >= 0.6 is 27.5 Å². The van der Waals surface area contributed by atoms with Crippen molar-refractivity contribution in [3.8, 4) is 0 Å². The van der Waals surface area contributed by atoms with Crippen LogP contribution in [0.15, 0.2) is 28.9 Å². The van der Waals surface area contributed by atoms with Crippen LogP contribution in [0.3, 0.4) is 0 Å². The van der Waals surface area contributed by atoms with Gasteiger partial charge in [-0.1, -0.05) is 23.7 Å². The Labute approximate surface area is 106 Å². The number of rotatable bonds is 1. The molecular weight excluding hydrogens is 293 g/mol. The van der Waals surface area contributed by atoms with E-state index in [1.165, 1.54) is 13.3 Å². The Balaban J connectivity index is 2.75. The highest BCUT2D eigenvalue weighted by Crippen LogP contribution is 2.30. The molecule has 2 aromatic rings. The van der Waals surface area contributed by atoms with Gasteiger partial charge in [0.1, 0.15) is 0 Å². The van der Waals surface area contributed by atoms with Crippen molar-refractivity contribution in [2.75, 3.05) is 7.11 Å². The molecule has 82 valence electrons. The fourth-order valence-electron chi connectivity index (χ4n) is 1.41. The van der Waals surface area contributed by atoms with Crippen molar-refractivity contribution in [2.24, 2.45) is 0 Å². The van der Waals surface area contributed by atoms with Gasteiger partial charge in [0.2, 0.25) is 0 Å². The van der Waals surface area contributed by atoms with Crippen molar-refractivity contribution in [3.05, 3.63) is 39.5 Å². The number of carbonyl (C=O) groups is 1. The van der Waals surface area contributed by atoms with Gasteiger partial charge in [0.15, 0.2) is 0 Å². The molecule has 16 heavy (non-hydrogen) atoms. The number of hydrogen-bond donors (Lipinski definition) is 0. The molecule has 0 N–H and O–H groups in total. The molecule has 0 bridgehead atoms. The third kappa shape index (κ3) is 1.79. The van der Waals surface area contributed by atoms with E-state index in [-0.39, 0.29) is 5.56 Å². The summed E-state index contributed by atoms with van der Waals surface area (Å²) in [5.41, 5.74) is 0.995. The first kappa shape index (κ1) is 11.4. The molecule has 0 spiro atoms. The molecule has 0 aliphatic rings. The first-order chi connectivity index (χ1) is 7.65. The van der Waals surface area contributed by atoms with E-state index in [0.717, 1.165) is 15.4 Å². The Kier molecular flexibility index (Phi) is 3.12. The summed E-state index contributed by atoms with van der Waals surface area (Å²) >= 11 is 9.50. The minimum absolute atomic E-state index is 0.273. The molecule has 1 aromatic carbocycles. The van der Waals surface area contributed by atoms with E-state index in [2.05, 4.69) is 25.7 Å². The summed E-state index contributed by atoms with van der Waals surface area (Å²) in [6, 6.07) is 5.51. The lowest BCUT2D eigenvalue weighted by Gasteiger charge is -2.06. The Morgan fingerprint density at radius 1 is 1.50 bits per heavy atom. The summed E-state index contributed by atoms with van der Waals surface area (Å²) in [6.45, 7) is 0. The molecule has 1 aromatic heterocycles. The maximum Gasteiger partial charge on any atom is 0.340 e. The quantitative estimate of drug-likeness (QED) is 0.757. The van der Waals surface area contributed by atoms with Gasteiger partial charge < -0.3 is 4.74 Å². The fraction of sp³-hybridized carbons (Fsp3) is 0.0909. The second-order valence-electron chi connectivity index (χ2n) is 3.11. The Bertz CT molecular complexity index is 571. The number of aromatic nitrogens is 1. The Hall–Kier alpha value is -1.13. The number of fused-ring (bicyclic) bond motifs is 1. The van der Waals surface area contributed by atoms with E-state index >= 15 is 0 Å². The number of carbonyl (C=O) groups excluding carboxylic acids is 1. The van der Waals surface area contributed by atoms with Crippen molar-refractivity contribution < 1.29 is 9.53 Å². The van der Waals surface area contributed by atoms with Crippen LogP contribution in [0.25, 0.3) is 10.9 Å². The molecule has 0 amide bonds. The minimum atomic E-state index is -0.487. The van der Waals surface area contributed by atoms with E-state index in [1.54, 1.807) is 0 Å². The number of nitrogens with zero attached hydrogens (tertiary/aromatic N) is 1. The number of esters is 1. The molecular formula is C11H7BrClNO2. The van der Waals surface area contributed by atoms with Crippen LogP contribution in [0.4, 0.5) is 0 Å². The van der Waals surface area contributed by atoms with Crippen LogP contribution in [0, 0.1) is 0 Å². The monoisotopic (exact) mass is 299 g/mol. The molecule has 2 rings (SSSR count). The zero-order valence-corrected chi connectivity index (χ0v) is 10.7. The molecule has 0 radical (unpaired) electrons. The standard InChI is InChI=1S/C11H7BrClNO2/c1-16-11(15)7-5-14-10-6(9(7)13)3-2-4-8(10)12/h2-5H,1H3. The normalized spacial score (nSPS) is 10.4. The Morgan fingerprint density at radius 3 is 2.94 bits per heavy atom. The number of para-hydroxylation sites is 1. The highest BCUT2D eigenvalue weighted by atomic mass is 79.9. The van der Waals surface area contributed by atoms with Gasteiger partial charge in [-0.3, -0.25) is 4.98 Å². The molecule has 5 heteroatoms. The molecule has 0 aliphatic carbocycles. The number of halogens is 2. The molecule has 1 heterocycles. The zero-order chi connectivity index (χ0) is 11.7. The SMILES string of the molecule is COC(=O)c1cnc2c(Br)cccc2c1Cl. The maximum absolute atomic E-state index is 11.4. The largest absolute Gasteiger partial charge is 0.465 e. The summed E-state index contributed by atoms with van der Waals surface area (Å²) in [5.74, 6) is -0.487. The van der Waals surface area contributed by atoms with E-state index in [0.29, 0.717) is 5.02 Å². The van der Waals surface area contributed by atoms with E-state index in [1.807, 2.05) is 18.2 Å². The van der Waals surface area contributed by atoms with E-state index < -0.39 is 5.97 Å². The maximum atomic E-state index is 11.4. The van der Waals surface area contributed by atoms with Crippen molar-refractivity contribution >= 4 is 44.4 Å². The van der Waals surface area contributed by atoms with Crippen LogP contribution in [-0.2, 0) is 4.74 Å². The van der Waals surface area contributed by atoms with Crippen molar-refractivity contribution in [1.82, 2.24) is 4.98 Å². The summed E-state index contributed by atoms with van der Waals surface area (Å²) in [5, 5.41) is 1.08. The molecule has 0 saturated heterocycles. The van der Waals surface area contributed by atoms with Gasteiger partial charge >= 0.3 is 5.97 Å². The molecule has 3 nitrogen and oxygen atoms in total. The number of pyridine rings is 1. The lowest BCUT2D eigenvalue weighted by atomic mass is 10.1. The second kappa shape index (κ2) is 4.39. The first-order valence-corrected chi connectivity index (χ1v) is 5.63. The summed E-state index contributed by atoms with van der Waals surface area (Å²) in [4.78, 5) is 15.6. The van der Waals surface area contributed by atoms with Gasteiger partial charge in [0.25, 0.3) is 0 Å². The summed E-state index contributed by atoms with van der Waals surface area (Å²) < 4.78 is 5.46. The number of hydrogen-bond acceptors (Lipinski definition) is 3. The van der Waals surface area contributed by atoms with Gasteiger partial charge in [-0.2, -0.15) is 0 Å². The number of ether oxygens (including phenoxy) is 1. The van der Waals surface area contributed by atoms with Gasteiger partial charge in [0, 0.05) is 16.1 Å². The van der Waals surface area contributed by atoms with E-state index in [4.69, 9.17) is 11.6 Å².